The molecule has 0 spiro atoms. The third-order valence-electron chi connectivity index (χ3n) is 9.24. The predicted octanol–water partition coefficient (Wildman–Crippen LogP) is 5.93. The van der Waals surface area contributed by atoms with Gasteiger partial charge in [0, 0.05) is 54.7 Å². The maximum atomic E-state index is 16.8. The van der Waals surface area contributed by atoms with Crippen molar-refractivity contribution in [2.75, 3.05) is 43.4 Å². The molecule has 4 aromatic rings. The van der Waals surface area contributed by atoms with Gasteiger partial charge in [0.05, 0.1) is 21.3 Å². The number of nitrogens with one attached hydrogen (secondary N) is 1. The predicted molar refractivity (Wildman–Crippen MR) is 160 cm³/mol. The largest absolute Gasteiger partial charge is 0.461 e. The minimum Gasteiger partial charge on any atom is -0.461 e. The van der Waals surface area contributed by atoms with Crippen LogP contribution in [-0.2, 0) is 6.18 Å². The smallest absolute Gasteiger partial charge is 0.417 e. The van der Waals surface area contributed by atoms with Gasteiger partial charge in [0.1, 0.15) is 29.9 Å². The van der Waals surface area contributed by atoms with Gasteiger partial charge in [-0.3, -0.25) is 4.90 Å². The van der Waals surface area contributed by atoms with E-state index < -0.39 is 40.6 Å². The van der Waals surface area contributed by atoms with E-state index in [1.54, 1.807) is 0 Å². The first-order chi connectivity index (χ1) is 21.3. The molecule has 3 saturated heterocycles. The van der Waals surface area contributed by atoms with Crippen LogP contribution in [0.2, 0.25) is 0 Å². The molecule has 240 valence electrons. The fourth-order valence-electron chi connectivity index (χ4n) is 7.12. The van der Waals surface area contributed by atoms with E-state index in [0.29, 0.717) is 26.1 Å². The van der Waals surface area contributed by atoms with Crippen LogP contribution in [0.5, 0.6) is 6.01 Å². The van der Waals surface area contributed by atoms with Crippen LogP contribution in [0.15, 0.2) is 18.2 Å². The number of fused-ring (bicyclic) bond motifs is 3. The second kappa shape index (κ2) is 10.8. The van der Waals surface area contributed by atoms with Crippen LogP contribution in [-0.4, -0.2) is 76.4 Å². The van der Waals surface area contributed by atoms with Gasteiger partial charge >= 0.3 is 12.2 Å². The van der Waals surface area contributed by atoms with Crippen LogP contribution < -0.4 is 20.7 Å². The number of nitrogens with two attached hydrogens (primary N) is 1. The summed E-state index contributed by atoms with van der Waals surface area (Å²) >= 11 is 0.759. The summed E-state index contributed by atoms with van der Waals surface area (Å²) in [5.74, 6) is -1.90. The van der Waals surface area contributed by atoms with Gasteiger partial charge in [0.2, 0.25) is 0 Å². The number of anilines is 2. The van der Waals surface area contributed by atoms with E-state index in [0.717, 1.165) is 42.5 Å². The van der Waals surface area contributed by atoms with Gasteiger partial charge in [-0.1, -0.05) is 11.3 Å². The molecule has 0 radical (unpaired) electrons. The number of rotatable bonds is 5. The number of ether oxygens (including phenoxy) is 1. The summed E-state index contributed by atoms with van der Waals surface area (Å²) in [7, 11) is 0. The van der Waals surface area contributed by atoms with E-state index in [1.807, 2.05) is 23.6 Å². The Morgan fingerprint density at radius 2 is 1.93 bits per heavy atom. The molecule has 0 unspecified atom stereocenters. The highest BCUT2D eigenvalue weighted by Gasteiger charge is 2.49. The molecular formula is C30H31F6N7OS. The maximum absolute atomic E-state index is 16.8. The first kappa shape index (κ1) is 30.2. The summed E-state index contributed by atoms with van der Waals surface area (Å²) in [6.07, 6.45) is -4.13. The molecule has 2 aromatic carbocycles. The molecule has 3 fully saturated rings. The summed E-state index contributed by atoms with van der Waals surface area (Å²) in [6, 6.07) is 2.43. The number of thiazole rings is 1. The number of aromatic nitrogens is 3. The number of hydrogen-bond acceptors (Lipinski definition) is 9. The van der Waals surface area contributed by atoms with Crippen LogP contribution in [0.4, 0.5) is 37.3 Å². The molecule has 3 aliphatic rings. The highest BCUT2D eigenvalue weighted by molar-refractivity contribution is 7.22. The Bertz CT molecular complexity index is 1800. The first-order valence-corrected chi connectivity index (χ1v) is 15.6. The minimum atomic E-state index is -5.00. The van der Waals surface area contributed by atoms with Crippen molar-refractivity contribution >= 4 is 43.4 Å². The third-order valence-corrected chi connectivity index (χ3v) is 10.1. The molecule has 7 rings (SSSR count). The summed E-state index contributed by atoms with van der Waals surface area (Å²) in [5, 5.41) is 3.11. The monoisotopic (exact) mass is 651 g/mol. The second-order valence-electron chi connectivity index (χ2n) is 12.3. The molecule has 45 heavy (non-hydrogen) atoms. The average molecular weight is 652 g/mol. The fourth-order valence-corrected chi connectivity index (χ4v) is 7.88. The molecule has 0 amide bonds. The lowest BCUT2D eigenvalue weighted by Crippen LogP contribution is -2.54. The topological polar surface area (TPSA) is 92.4 Å². The Morgan fingerprint density at radius 1 is 1.13 bits per heavy atom. The molecule has 4 atom stereocenters. The van der Waals surface area contributed by atoms with Gasteiger partial charge in [0.15, 0.2) is 10.9 Å². The lowest BCUT2D eigenvalue weighted by atomic mass is 9.94. The highest BCUT2D eigenvalue weighted by atomic mass is 32.1. The quantitative estimate of drug-likeness (QED) is 0.257. The van der Waals surface area contributed by atoms with Crippen LogP contribution >= 0.6 is 11.3 Å². The Kier molecular flexibility index (Phi) is 7.28. The van der Waals surface area contributed by atoms with Crippen LogP contribution in [0.3, 0.4) is 0 Å². The molecule has 0 aliphatic carbocycles. The molecule has 3 N–H and O–H groups in total. The highest BCUT2D eigenvalue weighted by Crippen LogP contribution is 2.46. The van der Waals surface area contributed by atoms with Crippen molar-refractivity contribution in [1.29, 1.82) is 0 Å². The molecule has 15 heteroatoms. The second-order valence-corrected chi connectivity index (χ2v) is 13.4. The first-order valence-electron chi connectivity index (χ1n) is 14.8. The van der Waals surface area contributed by atoms with Gasteiger partial charge in [-0.2, -0.15) is 23.1 Å². The lowest BCUT2D eigenvalue weighted by molar-refractivity contribution is -0.137. The van der Waals surface area contributed by atoms with Crippen molar-refractivity contribution < 1.29 is 31.1 Å². The molecule has 3 aliphatic heterocycles. The third kappa shape index (κ3) is 5.12. The standard InChI is InChI=1S/C30H31F6N7OS/c1-14-11-43(15(2)10-38-14)26-18-8-19(30(34,35)36)21(17-4-5-20(32)25-24(17)39-27(37)45-25)22(33)23(18)40-28(41-26)44-13-29-6-3-7-42(29)12-16(31)9-29/h4-5,8,14-16,38H,3,6-7,9-13H2,1-2H3,(H2,37,39)/t14-,15+,16-,29-/m1/s1. The lowest BCUT2D eigenvalue weighted by Gasteiger charge is -2.39. The van der Waals surface area contributed by atoms with E-state index in [2.05, 4.69) is 20.3 Å². The van der Waals surface area contributed by atoms with Crippen molar-refractivity contribution in [2.45, 2.75) is 63.1 Å². The van der Waals surface area contributed by atoms with Crippen molar-refractivity contribution in [2.24, 2.45) is 0 Å². The van der Waals surface area contributed by atoms with E-state index in [9.17, 15) is 22.0 Å². The molecule has 5 heterocycles. The summed E-state index contributed by atoms with van der Waals surface area (Å²) < 4.78 is 96.1. The molecule has 2 aromatic heterocycles. The Labute approximate surface area is 258 Å². The summed E-state index contributed by atoms with van der Waals surface area (Å²) in [5.41, 5.74) is 2.31. The number of nitrogen functional groups attached to an aromatic ring is 1. The van der Waals surface area contributed by atoms with E-state index in [4.69, 9.17) is 10.5 Å². The Morgan fingerprint density at radius 3 is 2.71 bits per heavy atom. The van der Waals surface area contributed by atoms with Gasteiger partial charge in [0.25, 0.3) is 0 Å². The number of nitrogens with zero attached hydrogens (tertiary/aromatic N) is 5. The number of hydrogen-bond donors (Lipinski definition) is 2. The molecular weight excluding hydrogens is 620 g/mol. The summed E-state index contributed by atoms with van der Waals surface area (Å²) in [6.45, 7) is 5.81. The number of benzene rings is 2. The Hall–Kier alpha value is -3.43. The van der Waals surface area contributed by atoms with Gasteiger partial charge in [-0.15, -0.1) is 0 Å². The molecule has 8 nitrogen and oxygen atoms in total. The fraction of sp³-hybridized carbons (Fsp3) is 0.500. The number of alkyl halides is 4. The normalized spacial score (nSPS) is 25.9. The molecule has 0 bridgehead atoms. The van der Waals surface area contributed by atoms with Crippen molar-refractivity contribution in [3.8, 4) is 17.1 Å². The zero-order chi connectivity index (χ0) is 31.8. The zero-order valence-electron chi connectivity index (χ0n) is 24.5. The van der Waals surface area contributed by atoms with Gasteiger partial charge < -0.3 is 20.7 Å². The van der Waals surface area contributed by atoms with Crippen molar-refractivity contribution in [3.63, 3.8) is 0 Å². The van der Waals surface area contributed by atoms with E-state index in [1.165, 1.54) is 0 Å². The van der Waals surface area contributed by atoms with Gasteiger partial charge in [-0.05, 0) is 51.4 Å². The van der Waals surface area contributed by atoms with Gasteiger partial charge in [-0.25, -0.2) is 18.2 Å². The van der Waals surface area contributed by atoms with E-state index >= 15 is 4.39 Å². The number of piperazine rings is 1. The average Bonchev–Trinajstić information content (AvgIpc) is 3.65. The van der Waals surface area contributed by atoms with Crippen molar-refractivity contribution in [1.82, 2.24) is 25.2 Å². The van der Waals surface area contributed by atoms with E-state index in [-0.39, 0.29) is 68.8 Å². The number of halogens is 6. The zero-order valence-corrected chi connectivity index (χ0v) is 25.3. The van der Waals surface area contributed by atoms with Crippen LogP contribution in [0.25, 0.3) is 32.2 Å². The Balaban J connectivity index is 1.44. The van der Waals surface area contributed by atoms with Crippen molar-refractivity contribution in [3.05, 3.63) is 35.4 Å². The van der Waals surface area contributed by atoms with Crippen LogP contribution in [0, 0.1) is 11.6 Å². The maximum Gasteiger partial charge on any atom is 0.417 e. The molecule has 0 saturated carbocycles. The van der Waals surface area contributed by atoms with Crippen LogP contribution in [0.1, 0.15) is 38.7 Å². The summed E-state index contributed by atoms with van der Waals surface area (Å²) in [4.78, 5) is 16.8. The SMILES string of the molecule is C[C@@H]1CN(c2nc(OC[C@]34CCCN3C[C@H](F)C4)nc3c(F)c(-c4ccc(F)c5sc(N)nc45)c(C(F)(F)F)cc23)[C@@H](C)CN1. The minimum absolute atomic E-state index is 0.0321.